The Kier molecular flexibility index (Phi) is 6.11. The first-order chi connectivity index (χ1) is 8.50. The van der Waals surface area contributed by atoms with Gasteiger partial charge in [-0.2, -0.15) is 0 Å². The van der Waals surface area contributed by atoms with Crippen LogP contribution in [0.5, 0.6) is 0 Å². The standard InChI is InChI=1S/C17H26O/c1-13-7-5-8-14(2)11-12-17(16(4)18)15(3)10-6-9-13/h8-10,17H,5-7,11-12H2,1-4H3/b13-9?,14-8+,15-10+. The molecule has 1 rings (SSSR count). The second-order valence-electron chi connectivity index (χ2n) is 5.53. The van der Waals surface area contributed by atoms with Gasteiger partial charge in [0.2, 0.25) is 0 Å². The second-order valence-corrected chi connectivity index (χ2v) is 5.53. The third kappa shape index (κ3) is 5.03. The van der Waals surface area contributed by atoms with E-state index in [1.165, 1.54) is 16.7 Å². The van der Waals surface area contributed by atoms with Crippen molar-refractivity contribution in [3.63, 3.8) is 0 Å². The SMILES string of the molecule is CC(=O)C1CC/C(C)=C/CCC(C)=CC/C=C/1C. The molecule has 1 unspecified atom stereocenters. The molecule has 0 bridgehead atoms. The molecule has 0 spiro atoms. The Bertz CT molecular complexity index is 382. The molecule has 0 N–H and O–H groups in total. The zero-order chi connectivity index (χ0) is 13.5. The Hall–Kier alpha value is -1.11. The zero-order valence-electron chi connectivity index (χ0n) is 12.3. The Labute approximate surface area is 112 Å². The highest BCUT2D eigenvalue weighted by Crippen LogP contribution is 2.23. The van der Waals surface area contributed by atoms with E-state index in [1.807, 2.05) is 0 Å². The van der Waals surface area contributed by atoms with Crippen molar-refractivity contribution < 1.29 is 4.79 Å². The van der Waals surface area contributed by atoms with E-state index in [1.54, 1.807) is 6.92 Å². The first kappa shape index (κ1) is 14.9. The molecule has 0 amide bonds. The average molecular weight is 246 g/mol. The summed E-state index contributed by atoms with van der Waals surface area (Å²) in [4.78, 5) is 11.7. The number of allylic oxidation sites excluding steroid dienone is 6. The van der Waals surface area contributed by atoms with E-state index >= 15 is 0 Å². The molecule has 0 fully saturated rings. The average Bonchev–Trinajstić information content (AvgIpc) is 2.27. The number of hydrogen-bond acceptors (Lipinski definition) is 1. The number of carbonyl (C=O) groups excluding carboxylic acids is 1. The fourth-order valence-corrected chi connectivity index (χ4v) is 2.46. The third-order valence-corrected chi connectivity index (χ3v) is 3.81. The van der Waals surface area contributed by atoms with Crippen LogP contribution in [0.15, 0.2) is 34.9 Å². The van der Waals surface area contributed by atoms with Crippen LogP contribution >= 0.6 is 0 Å². The maximum atomic E-state index is 11.7. The Morgan fingerprint density at radius 2 is 1.72 bits per heavy atom. The molecule has 1 aliphatic rings. The van der Waals surface area contributed by atoms with E-state index in [9.17, 15) is 4.79 Å². The molecule has 0 saturated carbocycles. The monoisotopic (exact) mass is 246 g/mol. The highest BCUT2D eigenvalue weighted by molar-refractivity contribution is 5.81. The van der Waals surface area contributed by atoms with Gasteiger partial charge in [-0.3, -0.25) is 4.79 Å². The van der Waals surface area contributed by atoms with Crippen molar-refractivity contribution in [2.24, 2.45) is 5.92 Å². The topological polar surface area (TPSA) is 17.1 Å². The summed E-state index contributed by atoms with van der Waals surface area (Å²) < 4.78 is 0. The van der Waals surface area contributed by atoms with Crippen LogP contribution in [0, 0.1) is 5.92 Å². The molecule has 0 aromatic heterocycles. The zero-order valence-corrected chi connectivity index (χ0v) is 12.3. The lowest BCUT2D eigenvalue weighted by Crippen LogP contribution is -2.12. The van der Waals surface area contributed by atoms with Crippen LogP contribution in [0.25, 0.3) is 0 Å². The Morgan fingerprint density at radius 1 is 1.06 bits per heavy atom. The summed E-state index contributed by atoms with van der Waals surface area (Å²) in [5.41, 5.74) is 4.10. The van der Waals surface area contributed by atoms with Gasteiger partial charge in [0.1, 0.15) is 5.78 Å². The van der Waals surface area contributed by atoms with Gasteiger partial charge in [-0.05, 0) is 59.8 Å². The number of rotatable bonds is 1. The minimum Gasteiger partial charge on any atom is -0.299 e. The normalized spacial score (nSPS) is 28.9. The van der Waals surface area contributed by atoms with Crippen LogP contribution < -0.4 is 0 Å². The van der Waals surface area contributed by atoms with Gasteiger partial charge in [0, 0.05) is 5.92 Å². The molecular weight excluding hydrogens is 220 g/mol. The number of ketones is 1. The van der Waals surface area contributed by atoms with Crippen LogP contribution in [-0.4, -0.2) is 5.78 Å². The fraction of sp³-hybridized carbons (Fsp3) is 0.588. The summed E-state index contributed by atoms with van der Waals surface area (Å²) in [7, 11) is 0. The minimum absolute atomic E-state index is 0.112. The van der Waals surface area contributed by atoms with E-state index < -0.39 is 0 Å². The molecule has 1 heteroatoms. The lowest BCUT2D eigenvalue weighted by molar-refractivity contribution is -0.119. The molecule has 0 aliphatic heterocycles. The van der Waals surface area contributed by atoms with Gasteiger partial charge in [0.15, 0.2) is 0 Å². The van der Waals surface area contributed by atoms with Crippen molar-refractivity contribution in [2.45, 2.75) is 59.8 Å². The van der Waals surface area contributed by atoms with E-state index in [0.29, 0.717) is 5.78 Å². The molecule has 0 radical (unpaired) electrons. The number of Topliss-reactive ketones (excluding diaryl/α,β-unsaturated/α-hetero) is 1. The maximum absolute atomic E-state index is 11.7. The minimum atomic E-state index is 0.112. The van der Waals surface area contributed by atoms with Gasteiger partial charge >= 0.3 is 0 Å². The fourth-order valence-electron chi connectivity index (χ4n) is 2.46. The first-order valence-electron chi connectivity index (χ1n) is 6.99. The van der Waals surface area contributed by atoms with Crippen LogP contribution in [0.1, 0.15) is 59.8 Å². The van der Waals surface area contributed by atoms with Crippen LogP contribution in [0.4, 0.5) is 0 Å². The molecule has 1 aliphatic carbocycles. The quantitative estimate of drug-likeness (QED) is 0.595. The van der Waals surface area contributed by atoms with Crippen LogP contribution in [0.3, 0.4) is 0 Å². The predicted octanol–water partition coefficient (Wildman–Crippen LogP) is 4.99. The third-order valence-electron chi connectivity index (χ3n) is 3.81. The summed E-state index contributed by atoms with van der Waals surface area (Å²) in [6.07, 6.45) is 12.1. The summed E-state index contributed by atoms with van der Waals surface area (Å²) in [6, 6.07) is 0. The van der Waals surface area contributed by atoms with E-state index in [-0.39, 0.29) is 5.92 Å². The van der Waals surface area contributed by atoms with Gasteiger partial charge in [0.05, 0.1) is 0 Å². The highest BCUT2D eigenvalue weighted by Gasteiger charge is 2.15. The smallest absolute Gasteiger partial charge is 0.136 e. The van der Waals surface area contributed by atoms with Crippen molar-refractivity contribution >= 4 is 5.78 Å². The highest BCUT2D eigenvalue weighted by atomic mass is 16.1. The molecule has 0 aromatic carbocycles. The van der Waals surface area contributed by atoms with Gasteiger partial charge in [-0.15, -0.1) is 0 Å². The number of carbonyl (C=O) groups is 1. The molecule has 1 atom stereocenters. The molecule has 0 aromatic rings. The lowest BCUT2D eigenvalue weighted by Gasteiger charge is -2.15. The van der Waals surface area contributed by atoms with E-state index in [0.717, 1.165) is 32.1 Å². The molecule has 0 saturated heterocycles. The first-order valence-corrected chi connectivity index (χ1v) is 6.99. The van der Waals surface area contributed by atoms with Gasteiger partial charge in [0.25, 0.3) is 0 Å². The summed E-state index contributed by atoms with van der Waals surface area (Å²) in [6.45, 7) is 8.19. The Balaban J connectivity index is 2.89. The van der Waals surface area contributed by atoms with Crippen molar-refractivity contribution in [1.82, 2.24) is 0 Å². The molecule has 100 valence electrons. The van der Waals surface area contributed by atoms with Crippen molar-refractivity contribution in [3.05, 3.63) is 34.9 Å². The predicted molar refractivity (Wildman–Crippen MR) is 78.5 cm³/mol. The summed E-state index contributed by atoms with van der Waals surface area (Å²) >= 11 is 0. The van der Waals surface area contributed by atoms with Crippen LogP contribution in [0.2, 0.25) is 0 Å². The van der Waals surface area contributed by atoms with Crippen molar-refractivity contribution in [3.8, 4) is 0 Å². The largest absolute Gasteiger partial charge is 0.299 e. The molecule has 0 heterocycles. The summed E-state index contributed by atoms with van der Waals surface area (Å²) in [5.74, 6) is 0.413. The van der Waals surface area contributed by atoms with E-state index in [2.05, 4.69) is 39.0 Å². The van der Waals surface area contributed by atoms with Gasteiger partial charge in [-0.1, -0.05) is 34.9 Å². The van der Waals surface area contributed by atoms with E-state index in [4.69, 9.17) is 0 Å². The molecular formula is C17H26O. The maximum Gasteiger partial charge on any atom is 0.136 e. The lowest BCUT2D eigenvalue weighted by atomic mass is 9.89. The summed E-state index contributed by atoms with van der Waals surface area (Å²) in [5, 5.41) is 0. The molecule has 1 nitrogen and oxygen atoms in total. The number of hydrogen-bond donors (Lipinski definition) is 0. The van der Waals surface area contributed by atoms with Crippen LogP contribution in [-0.2, 0) is 4.79 Å². The van der Waals surface area contributed by atoms with Crippen molar-refractivity contribution in [1.29, 1.82) is 0 Å². The molecule has 18 heavy (non-hydrogen) atoms. The Morgan fingerprint density at radius 3 is 2.39 bits per heavy atom. The van der Waals surface area contributed by atoms with Gasteiger partial charge in [-0.25, -0.2) is 0 Å². The second kappa shape index (κ2) is 7.35. The van der Waals surface area contributed by atoms with Gasteiger partial charge < -0.3 is 0 Å². The van der Waals surface area contributed by atoms with Crippen molar-refractivity contribution in [2.75, 3.05) is 0 Å².